The topological polar surface area (TPSA) is 51.2 Å². The molecule has 0 aliphatic heterocycles. The summed E-state index contributed by atoms with van der Waals surface area (Å²) in [6, 6.07) is 12.5. The third-order valence-corrected chi connectivity index (χ3v) is 0.607. The first-order chi connectivity index (χ1) is 6.00. The monoisotopic (exact) mass is 216 g/mol. The minimum Gasteiger partial charge on any atom is -0.545 e. The van der Waals surface area contributed by atoms with Gasteiger partial charge in [-0.2, -0.15) is 36.4 Å². The molecule has 3 nitrogen and oxygen atoms in total. The number of hydrogen-bond donors (Lipinski definition) is 0. The van der Waals surface area contributed by atoms with E-state index >= 15 is 0 Å². The summed E-state index contributed by atoms with van der Waals surface area (Å²) in [7, 11) is 0. The molecular formula is C9H8CrO3. The Morgan fingerprint density at radius 2 is 1.00 bits per heavy atom. The Morgan fingerprint density at radius 3 is 1.08 bits per heavy atom. The van der Waals surface area contributed by atoms with Crippen molar-refractivity contribution in [1.82, 2.24) is 0 Å². The molecule has 0 aliphatic carbocycles. The van der Waals surface area contributed by atoms with E-state index in [9.17, 15) is 0 Å². The predicted molar refractivity (Wildman–Crippen MR) is 45.5 cm³/mol. The normalized spacial score (nSPS) is 4.62. The number of hydrogen-bond acceptors (Lipinski definition) is 3. The zero-order chi connectivity index (χ0) is 10.2. The van der Waals surface area contributed by atoms with Crippen LogP contribution in [0, 0.1) is 6.07 Å². The molecule has 0 atom stereocenters. The van der Waals surface area contributed by atoms with E-state index in [4.69, 9.17) is 14.4 Å². The third kappa shape index (κ3) is 36.4. The van der Waals surface area contributed by atoms with Gasteiger partial charge in [-0.15, -0.1) is 0 Å². The summed E-state index contributed by atoms with van der Waals surface area (Å²) in [6.07, 6.45) is 0. The van der Waals surface area contributed by atoms with Crippen molar-refractivity contribution in [3.8, 4) is 0 Å². The van der Waals surface area contributed by atoms with Gasteiger partial charge in [-0.25, -0.2) is 0 Å². The van der Waals surface area contributed by atoms with E-state index in [1.165, 1.54) is 0 Å². The van der Waals surface area contributed by atoms with Crippen LogP contribution in [-0.4, -0.2) is 20.4 Å². The van der Waals surface area contributed by atoms with Gasteiger partial charge in [0.25, 0.3) is 0 Å². The van der Waals surface area contributed by atoms with Gasteiger partial charge in [0.2, 0.25) is 0 Å². The van der Waals surface area contributed by atoms with Crippen LogP contribution in [-0.2, 0) is 31.7 Å². The molecule has 0 heterocycles. The zero-order valence-corrected chi connectivity index (χ0v) is 8.03. The SMILES string of the molecule is [CH-]=O.[CH-]=O.[CH-]=O.[Cr+4].[c-]1ccccc1. The molecule has 0 spiro atoms. The Bertz CT molecular complexity index is 115. The maximum Gasteiger partial charge on any atom is 4.00 e. The fraction of sp³-hybridized carbons (Fsp3) is 0. The number of carbonyl (C=O) groups excluding carboxylic acids is 3. The Kier molecular flexibility index (Phi) is 78.7. The molecule has 1 aromatic carbocycles. The zero-order valence-electron chi connectivity index (χ0n) is 6.75. The maximum atomic E-state index is 7.75. The van der Waals surface area contributed by atoms with Gasteiger partial charge in [-0.1, -0.05) is 0 Å². The molecule has 0 saturated carbocycles. The Hall–Kier alpha value is -1.24. The molecule has 4 heteroatoms. The first kappa shape index (κ1) is 22.6. The second-order valence-corrected chi connectivity index (χ2v) is 1.08. The Balaban J connectivity index is -0.0000000508. The number of benzene rings is 1. The molecule has 0 fully saturated rings. The fourth-order valence-corrected chi connectivity index (χ4v) is 0.342. The third-order valence-electron chi connectivity index (χ3n) is 0.607. The maximum absolute atomic E-state index is 7.75. The summed E-state index contributed by atoms with van der Waals surface area (Å²) in [5.41, 5.74) is 0. The second kappa shape index (κ2) is 45.2. The van der Waals surface area contributed by atoms with E-state index < -0.39 is 0 Å². The van der Waals surface area contributed by atoms with Crippen LogP contribution in [0.15, 0.2) is 30.3 Å². The second-order valence-electron chi connectivity index (χ2n) is 1.08. The molecule has 0 aromatic heterocycles. The average Bonchev–Trinajstić information content (AvgIpc) is 2.29. The van der Waals surface area contributed by atoms with Crippen molar-refractivity contribution in [2.45, 2.75) is 0 Å². The van der Waals surface area contributed by atoms with Crippen LogP contribution in [0.5, 0.6) is 0 Å². The summed E-state index contributed by atoms with van der Waals surface area (Å²) >= 11 is 0. The van der Waals surface area contributed by atoms with Gasteiger partial charge in [-0.05, 0) is 0 Å². The predicted octanol–water partition coefficient (Wildman–Crippen LogP) is 0.662. The van der Waals surface area contributed by atoms with Gasteiger partial charge in [0.1, 0.15) is 0 Å². The summed E-state index contributed by atoms with van der Waals surface area (Å²) in [6.45, 7) is 9.75. The van der Waals surface area contributed by atoms with Crippen LogP contribution in [0.25, 0.3) is 0 Å². The van der Waals surface area contributed by atoms with E-state index in [-0.39, 0.29) is 17.4 Å². The summed E-state index contributed by atoms with van der Waals surface area (Å²) < 4.78 is 0. The minimum absolute atomic E-state index is 0. The van der Waals surface area contributed by atoms with Crippen LogP contribution < -0.4 is 0 Å². The summed E-state index contributed by atoms with van der Waals surface area (Å²) in [5.74, 6) is 0. The molecule has 0 amide bonds. The quantitative estimate of drug-likeness (QED) is 0.473. The smallest absolute Gasteiger partial charge is 0.545 e. The molecule has 0 radical (unpaired) electrons. The van der Waals surface area contributed by atoms with Crippen LogP contribution >= 0.6 is 0 Å². The molecule has 0 unspecified atom stereocenters. The first-order valence-corrected chi connectivity index (χ1v) is 2.62. The molecule has 1 aromatic rings. The van der Waals surface area contributed by atoms with E-state index in [2.05, 4.69) is 26.4 Å². The van der Waals surface area contributed by atoms with E-state index in [0.717, 1.165) is 0 Å². The van der Waals surface area contributed by atoms with E-state index in [1.54, 1.807) is 0 Å². The van der Waals surface area contributed by atoms with Crippen LogP contribution in [0.1, 0.15) is 0 Å². The molecule has 1 rings (SSSR count). The van der Waals surface area contributed by atoms with Crippen molar-refractivity contribution in [3.63, 3.8) is 0 Å². The standard InChI is InChI=1S/C6H5.3CHO.Cr/c1-2-4-6-5-3-1;3*1-2;/h1-5H;3*1H;/q4*-1;+4. The van der Waals surface area contributed by atoms with E-state index in [1.807, 2.05) is 30.3 Å². The van der Waals surface area contributed by atoms with Crippen LogP contribution in [0.3, 0.4) is 0 Å². The van der Waals surface area contributed by atoms with Gasteiger partial charge >= 0.3 is 17.4 Å². The van der Waals surface area contributed by atoms with Crippen molar-refractivity contribution < 1.29 is 31.7 Å². The van der Waals surface area contributed by atoms with Crippen molar-refractivity contribution in [2.75, 3.05) is 0 Å². The van der Waals surface area contributed by atoms with Gasteiger partial charge in [0.15, 0.2) is 0 Å². The molecule has 0 bridgehead atoms. The Morgan fingerprint density at radius 1 is 0.692 bits per heavy atom. The minimum atomic E-state index is 0. The van der Waals surface area contributed by atoms with Crippen LogP contribution in [0.2, 0.25) is 0 Å². The molecule has 0 saturated heterocycles. The summed E-state index contributed by atoms with van der Waals surface area (Å²) in [4.78, 5) is 23.2. The average molecular weight is 216 g/mol. The van der Waals surface area contributed by atoms with Crippen LogP contribution in [0.4, 0.5) is 0 Å². The largest absolute Gasteiger partial charge is 4.00 e. The van der Waals surface area contributed by atoms with Crippen molar-refractivity contribution in [1.29, 1.82) is 0 Å². The molecule has 68 valence electrons. The van der Waals surface area contributed by atoms with Gasteiger partial charge in [0.05, 0.1) is 0 Å². The van der Waals surface area contributed by atoms with E-state index in [0.29, 0.717) is 0 Å². The number of rotatable bonds is 0. The van der Waals surface area contributed by atoms with Crippen molar-refractivity contribution in [3.05, 3.63) is 36.4 Å². The summed E-state index contributed by atoms with van der Waals surface area (Å²) in [5, 5.41) is 0. The first-order valence-electron chi connectivity index (χ1n) is 2.62. The van der Waals surface area contributed by atoms with Gasteiger partial charge in [-0.3, -0.25) is 20.4 Å². The molecule has 0 aliphatic rings. The fourth-order valence-electron chi connectivity index (χ4n) is 0.342. The van der Waals surface area contributed by atoms with Crippen molar-refractivity contribution >= 4 is 20.4 Å². The van der Waals surface area contributed by atoms with Gasteiger partial charge < -0.3 is 14.4 Å². The Labute approximate surface area is 88.9 Å². The van der Waals surface area contributed by atoms with Gasteiger partial charge in [0, 0.05) is 0 Å². The van der Waals surface area contributed by atoms with Crippen molar-refractivity contribution in [2.24, 2.45) is 0 Å². The molecular weight excluding hydrogens is 208 g/mol. The molecule has 13 heavy (non-hydrogen) atoms. The molecule has 0 N–H and O–H groups in total.